The molecule has 1 aromatic carbocycles. The molecular weight excluding hydrogens is 336 g/mol. The third-order valence-corrected chi connectivity index (χ3v) is 4.04. The Bertz CT molecular complexity index is 877. The molecule has 1 saturated heterocycles. The predicted octanol–water partition coefficient (Wildman–Crippen LogP) is 1.09. The zero-order valence-electron chi connectivity index (χ0n) is 12.9. The van der Waals surface area contributed by atoms with E-state index in [2.05, 4.69) is 5.32 Å². The summed E-state index contributed by atoms with van der Waals surface area (Å²) in [6, 6.07) is 4.50. The van der Waals surface area contributed by atoms with Crippen molar-refractivity contribution in [2.45, 2.75) is 6.92 Å². The Morgan fingerprint density at radius 3 is 2.92 bits per heavy atom. The molecule has 1 N–H and O–H groups in total. The Morgan fingerprint density at radius 2 is 2.17 bits per heavy atom. The average molecular weight is 351 g/mol. The van der Waals surface area contributed by atoms with E-state index in [1.54, 1.807) is 13.0 Å². The summed E-state index contributed by atoms with van der Waals surface area (Å²) in [4.78, 5) is 36.3. The number of nitrogens with zero attached hydrogens (tertiary/aromatic N) is 1. The summed E-state index contributed by atoms with van der Waals surface area (Å²) in [7, 11) is 0. The maximum absolute atomic E-state index is 12.1. The third kappa shape index (κ3) is 3.35. The highest BCUT2D eigenvalue weighted by molar-refractivity contribution is 6.32. The number of carbonyl (C=O) groups excluding carboxylic acids is 2. The van der Waals surface area contributed by atoms with Crippen LogP contribution in [0.25, 0.3) is 11.0 Å². The number of aryl methyl sites for hydroxylation is 1. The number of nitrogens with one attached hydrogen (secondary N) is 1. The minimum Gasteiger partial charge on any atom is -0.482 e. The second kappa shape index (κ2) is 6.52. The summed E-state index contributed by atoms with van der Waals surface area (Å²) in [5.41, 5.74) is 0.609. The molecule has 2 aromatic rings. The van der Waals surface area contributed by atoms with E-state index in [4.69, 9.17) is 20.8 Å². The minimum absolute atomic E-state index is 0.0156. The maximum Gasteiger partial charge on any atom is 0.336 e. The van der Waals surface area contributed by atoms with Gasteiger partial charge in [0.2, 0.25) is 5.91 Å². The molecule has 3 rings (SSSR count). The van der Waals surface area contributed by atoms with E-state index in [9.17, 15) is 14.4 Å². The molecule has 0 atom stereocenters. The molecule has 0 unspecified atom stereocenters. The quantitative estimate of drug-likeness (QED) is 0.837. The number of ether oxygens (including phenoxy) is 1. The van der Waals surface area contributed by atoms with Crippen LogP contribution in [0.3, 0.4) is 0 Å². The molecule has 126 valence electrons. The van der Waals surface area contributed by atoms with Gasteiger partial charge in [0.15, 0.2) is 6.61 Å². The van der Waals surface area contributed by atoms with Crippen molar-refractivity contribution in [1.82, 2.24) is 10.2 Å². The summed E-state index contributed by atoms with van der Waals surface area (Å²) in [5.74, 6) is -0.268. The highest BCUT2D eigenvalue weighted by atomic mass is 35.5. The molecule has 0 aliphatic carbocycles. The largest absolute Gasteiger partial charge is 0.482 e. The van der Waals surface area contributed by atoms with Gasteiger partial charge in [-0.2, -0.15) is 0 Å². The molecule has 8 heteroatoms. The Labute approximate surface area is 142 Å². The Balaban J connectivity index is 1.77. The molecule has 0 spiro atoms. The summed E-state index contributed by atoms with van der Waals surface area (Å²) >= 11 is 6.17. The molecule has 0 radical (unpaired) electrons. The van der Waals surface area contributed by atoms with E-state index in [0.717, 1.165) is 5.56 Å². The van der Waals surface area contributed by atoms with Gasteiger partial charge in [-0.3, -0.25) is 9.59 Å². The molecule has 1 fully saturated rings. The zero-order valence-corrected chi connectivity index (χ0v) is 13.7. The normalized spacial score (nSPS) is 14.6. The van der Waals surface area contributed by atoms with Crippen molar-refractivity contribution >= 4 is 34.4 Å². The van der Waals surface area contributed by atoms with Gasteiger partial charge in [0.05, 0.1) is 11.6 Å². The average Bonchev–Trinajstić information content (AvgIpc) is 2.53. The molecule has 7 nitrogen and oxygen atoms in total. The minimum atomic E-state index is -0.469. The second-order valence-electron chi connectivity index (χ2n) is 5.48. The zero-order chi connectivity index (χ0) is 17.3. The topological polar surface area (TPSA) is 88.8 Å². The predicted molar refractivity (Wildman–Crippen MR) is 87.3 cm³/mol. The van der Waals surface area contributed by atoms with Crippen molar-refractivity contribution < 1.29 is 18.7 Å². The number of benzene rings is 1. The number of hydrogen-bond donors (Lipinski definition) is 1. The van der Waals surface area contributed by atoms with Crippen LogP contribution in [0, 0.1) is 6.92 Å². The smallest absolute Gasteiger partial charge is 0.336 e. The van der Waals surface area contributed by atoms with Crippen LogP contribution in [0.2, 0.25) is 5.02 Å². The first-order valence-corrected chi connectivity index (χ1v) is 7.73. The monoisotopic (exact) mass is 350 g/mol. The highest BCUT2D eigenvalue weighted by Gasteiger charge is 2.21. The first kappa shape index (κ1) is 16.3. The van der Waals surface area contributed by atoms with Crippen LogP contribution >= 0.6 is 11.6 Å². The van der Waals surface area contributed by atoms with Gasteiger partial charge < -0.3 is 19.4 Å². The molecule has 0 bridgehead atoms. The summed E-state index contributed by atoms with van der Waals surface area (Å²) < 4.78 is 10.6. The lowest BCUT2D eigenvalue weighted by Crippen LogP contribution is -2.51. The van der Waals surface area contributed by atoms with Gasteiger partial charge >= 0.3 is 5.63 Å². The van der Waals surface area contributed by atoms with Gasteiger partial charge in [-0.1, -0.05) is 11.6 Å². The van der Waals surface area contributed by atoms with Crippen LogP contribution < -0.4 is 15.7 Å². The Kier molecular flexibility index (Phi) is 4.44. The first-order chi connectivity index (χ1) is 11.4. The van der Waals surface area contributed by atoms with Crippen molar-refractivity contribution in [3.8, 4) is 5.75 Å². The second-order valence-corrected chi connectivity index (χ2v) is 5.89. The first-order valence-electron chi connectivity index (χ1n) is 7.35. The van der Waals surface area contributed by atoms with Crippen LogP contribution in [-0.4, -0.2) is 43.0 Å². The van der Waals surface area contributed by atoms with E-state index >= 15 is 0 Å². The van der Waals surface area contributed by atoms with Crippen LogP contribution in [-0.2, 0) is 9.59 Å². The standard InChI is InChI=1S/C16H15ClN2O5/c1-9-4-16(22)24-12-6-13(11(17)5-10(9)12)23-8-15(21)19-3-2-18-14(20)7-19/h4-6H,2-3,7-8H2,1H3,(H,18,20). The molecule has 2 amide bonds. The molecule has 2 heterocycles. The fraction of sp³-hybridized carbons (Fsp3) is 0.312. The van der Waals surface area contributed by atoms with Crippen molar-refractivity contribution in [2.24, 2.45) is 0 Å². The third-order valence-electron chi connectivity index (χ3n) is 3.75. The summed E-state index contributed by atoms with van der Waals surface area (Å²) in [6.45, 7) is 2.40. The van der Waals surface area contributed by atoms with Gasteiger partial charge in [0, 0.05) is 30.6 Å². The molecule has 0 saturated carbocycles. The number of carbonyl (C=O) groups is 2. The number of rotatable bonds is 3. The van der Waals surface area contributed by atoms with Crippen LogP contribution in [0.1, 0.15) is 5.56 Å². The van der Waals surface area contributed by atoms with E-state index < -0.39 is 5.63 Å². The van der Waals surface area contributed by atoms with E-state index in [1.165, 1.54) is 17.0 Å². The van der Waals surface area contributed by atoms with Gasteiger partial charge in [0.25, 0.3) is 5.91 Å². The molecule has 24 heavy (non-hydrogen) atoms. The van der Waals surface area contributed by atoms with Gasteiger partial charge in [0.1, 0.15) is 11.3 Å². The number of piperazine rings is 1. The van der Waals surface area contributed by atoms with E-state index in [1.807, 2.05) is 0 Å². The van der Waals surface area contributed by atoms with Crippen molar-refractivity contribution in [2.75, 3.05) is 26.2 Å². The number of halogens is 1. The van der Waals surface area contributed by atoms with E-state index in [-0.39, 0.29) is 30.7 Å². The molecule has 1 aliphatic heterocycles. The Hall–Kier alpha value is -2.54. The van der Waals surface area contributed by atoms with Gasteiger partial charge in [-0.15, -0.1) is 0 Å². The summed E-state index contributed by atoms with van der Waals surface area (Å²) in [6.07, 6.45) is 0. The highest BCUT2D eigenvalue weighted by Crippen LogP contribution is 2.31. The van der Waals surface area contributed by atoms with Crippen molar-refractivity contribution in [3.63, 3.8) is 0 Å². The van der Waals surface area contributed by atoms with Crippen LogP contribution in [0.5, 0.6) is 5.75 Å². The van der Waals surface area contributed by atoms with Crippen molar-refractivity contribution in [1.29, 1.82) is 0 Å². The number of amides is 2. The molecular formula is C16H15ClN2O5. The fourth-order valence-corrected chi connectivity index (χ4v) is 2.73. The van der Waals surface area contributed by atoms with Gasteiger partial charge in [-0.25, -0.2) is 4.79 Å². The summed E-state index contributed by atoms with van der Waals surface area (Å²) in [5, 5.41) is 3.65. The van der Waals surface area contributed by atoms with Crippen LogP contribution in [0.15, 0.2) is 27.4 Å². The number of fused-ring (bicyclic) bond motifs is 1. The van der Waals surface area contributed by atoms with E-state index in [0.29, 0.717) is 29.1 Å². The lowest BCUT2D eigenvalue weighted by molar-refractivity contribution is -0.139. The number of hydrogen-bond acceptors (Lipinski definition) is 5. The van der Waals surface area contributed by atoms with Crippen LogP contribution in [0.4, 0.5) is 0 Å². The fourth-order valence-electron chi connectivity index (χ4n) is 2.51. The molecule has 1 aromatic heterocycles. The SMILES string of the molecule is Cc1cc(=O)oc2cc(OCC(=O)N3CCNC(=O)C3)c(Cl)cc12. The maximum atomic E-state index is 12.1. The lowest BCUT2D eigenvalue weighted by Gasteiger charge is -2.26. The van der Waals surface area contributed by atoms with Gasteiger partial charge in [-0.05, 0) is 18.6 Å². The lowest BCUT2D eigenvalue weighted by atomic mass is 10.1. The molecule has 1 aliphatic rings. The van der Waals surface area contributed by atoms with Crippen molar-refractivity contribution in [3.05, 3.63) is 39.2 Å². The Morgan fingerprint density at radius 1 is 1.38 bits per heavy atom.